The van der Waals surface area contributed by atoms with Gasteiger partial charge in [0.05, 0.1) is 31.0 Å². The van der Waals surface area contributed by atoms with E-state index < -0.39 is 0 Å². The van der Waals surface area contributed by atoms with Crippen molar-refractivity contribution in [3.8, 4) is 0 Å². The number of imidazole rings is 1. The zero-order valence-electron chi connectivity index (χ0n) is 11.2. The first-order chi connectivity index (χ1) is 9.25. The molecule has 0 spiro atoms. The maximum atomic E-state index is 5.78. The van der Waals surface area contributed by atoms with Crippen molar-refractivity contribution in [2.75, 3.05) is 19.7 Å². The highest BCUT2D eigenvalue weighted by molar-refractivity contribution is 5.09. The molecule has 1 aliphatic rings. The second-order valence-electron chi connectivity index (χ2n) is 4.77. The Morgan fingerprint density at radius 1 is 1.47 bits per heavy atom. The van der Waals surface area contributed by atoms with Gasteiger partial charge in [-0.05, 0) is 13.8 Å². The second kappa shape index (κ2) is 5.14. The minimum Gasteiger partial charge on any atom is -0.444 e. The first-order valence-electron chi connectivity index (χ1n) is 6.52. The quantitative estimate of drug-likeness (QED) is 0.907. The SMILES string of the molecule is Cc1cnc(C(C)n2cncc2C2CNCCO2)o1. The molecule has 0 radical (unpaired) electrons. The highest BCUT2D eigenvalue weighted by Crippen LogP contribution is 2.25. The van der Waals surface area contributed by atoms with E-state index in [1.807, 2.05) is 20.0 Å². The number of nitrogens with zero attached hydrogens (tertiary/aromatic N) is 3. The molecule has 0 aliphatic carbocycles. The topological polar surface area (TPSA) is 65.1 Å². The maximum absolute atomic E-state index is 5.78. The number of nitrogens with one attached hydrogen (secondary N) is 1. The third-order valence-corrected chi connectivity index (χ3v) is 3.37. The van der Waals surface area contributed by atoms with Crippen LogP contribution in [0.1, 0.15) is 36.4 Å². The van der Waals surface area contributed by atoms with Crippen LogP contribution in [0.2, 0.25) is 0 Å². The molecule has 0 bridgehead atoms. The average molecular weight is 262 g/mol. The highest BCUT2D eigenvalue weighted by atomic mass is 16.5. The Morgan fingerprint density at radius 2 is 2.37 bits per heavy atom. The first kappa shape index (κ1) is 12.4. The molecule has 0 amide bonds. The van der Waals surface area contributed by atoms with Crippen molar-refractivity contribution in [1.29, 1.82) is 0 Å². The van der Waals surface area contributed by atoms with Gasteiger partial charge in [-0.25, -0.2) is 9.97 Å². The number of oxazole rings is 1. The minimum atomic E-state index is 0.0109. The molecule has 1 N–H and O–H groups in total. The Kier molecular flexibility index (Phi) is 3.35. The van der Waals surface area contributed by atoms with Gasteiger partial charge in [0.25, 0.3) is 0 Å². The summed E-state index contributed by atoms with van der Waals surface area (Å²) >= 11 is 0. The molecule has 2 atom stereocenters. The van der Waals surface area contributed by atoms with Gasteiger partial charge in [0.15, 0.2) is 0 Å². The summed E-state index contributed by atoms with van der Waals surface area (Å²) in [6.07, 6.45) is 5.43. The lowest BCUT2D eigenvalue weighted by atomic mass is 10.2. The van der Waals surface area contributed by atoms with Crippen molar-refractivity contribution < 1.29 is 9.15 Å². The van der Waals surface area contributed by atoms with Crippen molar-refractivity contribution in [3.05, 3.63) is 36.1 Å². The van der Waals surface area contributed by atoms with E-state index in [9.17, 15) is 0 Å². The smallest absolute Gasteiger partial charge is 0.217 e. The van der Waals surface area contributed by atoms with E-state index in [1.54, 1.807) is 12.5 Å². The van der Waals surface area contributed by atoms with Crippen molar-refractivity contribution >= 4 is 0 Å². The van der Waals surface area contributed by atoms with E-state index in [-0.39, 0.29) is 12.1 Å². The lowest BCUT2D eigenvalue weighted by molar-refractivity contribution is 0.0222. The molecule has 2 aromatic heterocycles. The second-order valence-corrected chi connectivity index (χ2v) is 4.77. The third kappa shape index (κ3) is 2.41. The number of aryl methyl sites for hydroxylation is 1. The van der Waals surface area contributed by atoms with Gasteiger partial charge in [-0.15, -0.1) is 0 Å². The van der Waals surface area contributed by atoms with Gasteiger partial charge in [0.1, 0.15) is 17.9 Å². The fraction of sp³-hybridized carbons (Fsp3) is 0.538. The Morgan fingerprint density at radius 3 is 3.05 bits per heavy atom. The number of ether oxygens (including phenoxy) is 1. The number of rotatable bonds is 3. The molecule has 2 aromatic rings. The monoisotopic (exact) mass is 262 g/mol. The maximum Gasteiger partial charge on any atom is 0.217 e. The van der Waals surface area contributed by atoms with E-state index >= 15 is 0 Å². The Balaban J connectivity index is 1.86. The van der Waals surface area contributed by atoms with Gasteiger partial charge in [-0.3, -0.25) is 0 Å². The summed E-state index contributed by atoms with van der Waals surface area (Å²) in [5.41, 5.74) is 1.05. The Hall–Kier alpha value is -1.66. The molecule has 0 saturated carbocycles. The zero-order chi connectivity index (χ0) is 13.2. The van der Waals surface area contributed by atoms with Gasteiger partial charge < -0.3 is 19.0 Å². The summed E-state index contributed by atoms with van der Waals surface area (Å²) in [7, 11) is 0. The van der Waals surface area contributed by atoms with E-state index in [1.165, 1.54) is 0 Å². The predicted molar refractivity (Wildman–Crippen MR) is 68.8 cm³/mol. The van der Waals surface area contributed by atoms with Crippen LogP contribution >= 0.6 is 0 Å². The predicted octanol–water partition coefficient (Wildman–Crippen LogP) is 1.45. The highest BCUT2D eigenvalue weighted by Gasteiger charge is 2.23. The standard InChI is InChI=1S/C13H18N4O2/c1-9-5-16-13(19-9)10(2)17-8-15-6-11(17)12-7-14-3-4-18-12/h5-6,8,10,12,14H,3-4,7H2,1-2H3. The molecule has 3 rings (SSSR count). The van der Waals surface area contributed by atoms with Crippen LogP contribution in [0.4, 0.5) is 0 Å². The van der Waals surface area contributed by atoms with Crippen LogP contribution in [0.25, 0.3) is 0 Å². The molecule has 102 valence electrons. The molecule has 3 heterocycles. The fourth-order valence-corrected chi connectivity index (χ4v) is 2.33. The van der Waals surface area contributed by atoms with E-state index in [2.05, 4.69) is 19.9 Å². The lowest BCUT2D eigenvalue weighted by Crippen LogP contribution is -2.34. The molecule has 0 aromatic carbocycles. The normalized spacial score (nSPS) is 21.5. The van der Waals surface area contributed by atoms with Crippen LogP contribution in [0.15, 0.2) is 23.1 Å². The molecule has 1 aliphatic heterocycles. The van der Waals surface area contributed by atoms with Crippen LogP contribution in [0.5, 0.6) is 0 Å². The molecule has 2 unspecified atom stereocenters. The van der Waals surface area contributed by atoms with Gasteiger partial charge >= 0.3 is 0 Å². The minimum absolute atomic E-state index is 0.0109. The van der Waals surface area contributed by atoms with Crippen molar-refractivity contribution in [2.45, 2.75) is 26.0 Å². The Labute approximate surface area is 111 Å². The van der Waals surface area contributed by atoms with E-state index in [0.29, 0.717) is 5.89 Å². The van der Waals surface area contributed by atoms with Gasteiger partial charge in [0, 0.05) is 13.1 Å². The number of hydrogen-bond donors (Lipinski definition) is 1. The number of hydrogen-bond acceptors (Lipinski definition) is 5. The van der Waals surface area contributed by atoms with Crippen molar-refractivity contribution in [2.24, 2.45) is 0 Å². The average Bonchev–Trinajstić information content (AvgIpc) is 3.07. The molecule has 1 fully saturated rings. The summed E-state index contributed by atoms with van der Waals surface area (Å²) in [5.74, 6) is 1.51. The summed E-state index contributed by atoms with van der Waals surface area (Å²) in [6, 6.07) is 0.0109. The molecule has 6 heteroatoms. The Bertz CT molecular complexity index is 542. The molecule has 1 saturated heterocycles. The summed E-state index contributed by atoms with van der Waals surface area (Å²) in [4.78, 5) is 8.52. The summed E-state index contributed by atoms with van der Waals surface area (Å²) in [5, 5.41) is 3.33. The fourth-order valence-electron chi connectivity index (χ4n) is 2.33. The number of morpholine rings is 1. The molecular weight excluding hydrogens is 244 g/mol. The van der Waals surface area contributed by atoms with Crippen molar-refractivity contribution in [1.82, 2.24) is 19.9 Å². The third-order valence-electron chi connectivity index (χ3n) is 3.37. The van der Waals surface area contributed by atoms with Crippen LogP contribution in [-0.2, 0) is 4.74 Å². The van der Waals surface area contributed by atoms with Gasteiger partial charge in [-0.2, -0.15) is 0 Å². The molecule has 19 heavy (non-hydrogen) atoms. The van der Waals surface area contributed by atoms with Crippen LogP contribution in [0, 0.1) is 6.92 Å². The van der Waals surface area contributed by atoms with Gasteiger partial charge in [0.2, 0.25) is 5.89 Å². The summed E-state index contributed by atoms with van der Waals surface area (Å²) in [6.45, 7) is 6.38. The first-order valence-corrected chi connectivity index (χ1v) is 6.52. The lowest BCUT2D eigenvalue weighted by Gasteiger charge is -2.25. The summed E-state index contributed by atoms with van der Waals surface area (Å²) < 4.78 is 13.4. The molecule has 6 nitrogen and oxygen atoms in total. The largest absolute Gasteiger partial charge is 0.444 e. The van der Waals surface area contributed by atoms with Crippen molar-refractivity contribution in [3.63, 3.8) is 0 Å². The van der Waals surface area contributed by atoms with E-state index in [4.69, 9.17) is 9.15 Å². The van der Waals surface area contributed by atoms with Crippen LogP contribution < -0.4 is 5.32 Å². The van der Waals surface area contributed by atoms with Crippen LogP contribution in [0.3, 0.4) is 0 Å². The molecular formula is C13H18N4O2. The van der Waals surface area contributed by atoms with Gasteiger partial charge in [-0.1, -0.05) is 0 Å². The van der Waals surface area contributed by atoms with E-state index in [0.717, 1.165) is 31.2 Å². The van der Waals surface area contributed by atoms with Crippen LogP contribution in [-0.4, -0.2) is 34.2 Å². The number of aromatic nitrogens is 3. The zero-order valence-corrected chi connectivity index (χ0v) is 11.2.